The van der Waals surface area contributed by atoms with E-state index in [-0.39, 0.29) is 0 Å². The van der Waals surface area contributed by atoms with Crippen molar-refractivity contribution in [1.82, 2.24) is 15.0 Å². The first kappa shape index (κ1) is 11.3. The van der Waals surface area contributed by atoms with Crippen LogP contribution >= 0.6 is 0 Å². The lowest BCUT2D eigenvalue weighted by molar-refractivity contribution is 0.770. The molecule has 1 aliphatic carbocycles. The van der Waals surface area contributed by atoms with E-state index in [1.165, 1.54) is 11.1 Å². The van der Waals surface area contributed by atoms with Crippen molar-refractivity contribution in [1.29, 1.82) is 0 Å². The molecule has 0 atom stereocenters. The molecule has 4 nitrogen and oxygen atoms in total. The number of anilines is 1. The van der Waals surface area contributed by atoms with E-state index in [0.29, 0.717) is 6.04 Å². The number of fused-ring (bicyclic) bond motifs is 2. The smallest absolute Gasteiger partial charge is 0.139 e. The summed E-state index contributed by atoms with van der Waals surface area (Å²) in [6, 6.07) is 10.9. The maximum Gasteiger partial charge on any atom is 0.139 e. The van der Waals surface area contributed by atoms with Crippen molar-refractivity contribution >= 4 is 16.7 Å². The van der Waals surface area contributed by atoms with Crippen LogP contribution in [0, 0.1) is 0 Å². The summed E-state index contributed by atoms with van der Waals surface area (Å²) in [6.07, 6.45) is 7.26. The van der Waals surface area contributed by atoms with Crippen molar-refractivity contribution < 1.29 is 0 Å². The molecule has 0 spiro atoms. The third-order valence-electron chi connectivity index (χ3n) is 3.83. The molecular formula is C16H14N4. The highest BCUT2D eigenvalue weighted by atomic mass is 15.0. The lowest BCUT2D eigenvalue weighted by Gasteiger charge is -2.13. The maximum atomic E-state index is 4.37. The molecule has 0 bridgehead atoms. The summed E-state index contributed by atoms with van der Waals surface area (Å²) in [6.45, 7) is 0. The quantitative estimate of drug-likeness (QED) is 0.771. The van der Waals surface area contributed by atoms with Gasteiger partial charge in [-0.25, -0.2) is 9.97 Å². The summed E-state index contributed by atoms with van der Waals surface area (Å²) >= 11 is 0. The van der Waals surface area contributed by atoms with Crippen LogP contribution in [0.25, 0.3) is 10.9 Å². The van der Waals surface area contributed by atoms with Gasteiger partial charge in [-0.05, 0) is 30.0 Å². The second-order valence-electron chi connectivity index (χ2n) is 5.13. The number of pyridine rings is 1. The molecular weight excluding hydrogens is 248 g/mol. The number of hydrogen-bond donors (Lipinski definition) is 1. The minimum absolute atomic E-state index is 0.394. The summed E-state index contributed by atoms with van der Waals surface area (Å²) in [5, 5.41) is 4.52. The summed E-state index contributed by atoms with van der Waals surface area (Å²) in [4.78, 5) is 12.8. The van der Waals surface area contributed by atoms with Gasteiger partial charge in [-0.15, -0.1) is 0 Å². The topological polar surface area (TPSA) is 50.7 Å². The predicted octanol–water partition coefficient (Wildman–Crippen LogP) is 2.60. The monoisotopic (exact) mass is 262 g/mol. The maximum absolute atomic E-state index is 4.37. The molecule has 2 aromatic heterocycles. The fraction of sp³-hybridized carbons (Fsp3) is 0.188. The van der Waals surface area contributed by atoms with Gasteiger partial charge in [0.25, 0.3) is 0 Å². The van der Waals surface area contributed by atoms with Gasteiger partial charge < -0.3 is 5.32 Å². The van der Waals surface area contributed by atoms with Crippen LogP contribution in [0.15, 0.2) is 49.1 Å². The Morgan fingerprint density at radius 3 is 2.60 bits per heavy atom. The van der Waals surface area contributed by atoms with Crippen molar-refractivity contribution in [2.75, 3.05) is 5.32 Å². The van der Waals surface area contributed by atoms with E-state index in [1.807, 2.05) is 12.3 Å². The normalized spacial score (nSPS) is 14.4. The minimum atomic E-state index is 0.394. The first-order valence-corrected chi connectivity index (χ1v) is 6.78. The predicted molar refractivity (Wildman–Crippen MR) is 78.6 cm³/mol. The molecule has 0 fully saturated rings. The summed E-state index contributed by atoms with van der Waals surface area (Å²) < 4.78 is 0. The van der Waals surface area contributed by atoms with Crippen molar-refractivity contribution in [2.45, 2.75) is 18.9 Å². The molecule has 1 aromatic carbocycles. The molecule has 20 heavy (non-hydrogen) atoms. The van der Waals surface area contributed by atoms with Gasteiger partial charge in [0, 0.05) is 18.4 Å². The van der Waals surface area contributed by atoms with Crippen LogP contribution in [-0.2, 0) is 12.8 Å². The molecule has 4 rings (SSSR count). The van der Waals surface area contributed by atoms with E-state index in [1.54, 1.807) is 12.5 Å². The lowest BCUT2D eigenvalue weighted by Crippen LogP contribution is -2.20. The van der Waals surface area contributed by atoms with Gasteiger partial charge in [0.15, 0.2) is 0 Å². The molecule has 2 heterocycles. The Labute approximate surface area is 116 Å². The summed E-state index contributed by atoms with van der Waals surface area (Å²) in [5.41, 5.74) is 3.79. The molecule has 0 radical (unpaired) electrons. The number of nitrogens with zero attached hydrogens (tertiary/aromatic N) is 3. The molecule has 0 unspecified atom stereocenters. The summed E-state index contributed by atoms with van der Waals surface area (Å²) in [7, 11) is 0. The third-order valence-corrected chi connectivity index (χ3v) is 3.83. The Kier molecular flexibility index (Phi) is 2.59. The van der Waals surface area contributed by atoms with Crippen LogP contribution in [-0.4, -0.2) is 21.0 Å². The Balaban J connectivity index is 1.64. The van der Waals surface area contributed by atoms with Gasteiger partial charge >= 0.3 is 0 Å². The highest BCUT2D eigenvalue weighted by molar-refractivity contribution is 5.87. The van der Waals surface area contributed by atoms with Crippen LogP contribution < -0.4 is 5.32 Å². The van der Waals surface area contributed by atoms with Crippen molar-refractivity contribution in [3.63, 3.8) is 0 Å². The molecule has 3 aromatic rings. The fourth-order valence-corrected chi connectivity index (χ4v) is 2.87. The number of nitrogens with one attached hydrogen (secondary N) is 1. The van der Waals surface area contributed by atoms with E-state index in [0.717, 1.165) is 29.6 Å². The van der Waals surface area contributed by atoms with Gasteiger partial charge in [-0.2, -0.15) is 0 Å². The van der Waals surface area contributed by atoms with E-state index in [9.17, 15) is 0 Å². The standard InChI is InChI=1S/C16H14N4/c1-2-4-12-8-13(7-11(12)3-1)20-16-14-9-17-6-5-15(14)18-10-19-16/h1-6,9-10,13H,7-8H2,(H,18,19,20). The van der Waals surface area contributed by atoms with Gasteiger partial charge in [0.1, 0.15) is 12.1 Å². The van der Waals surface area contributed by atoms with Crippen LogP contribution in [0.2, 0.25) is 0 Å². The lowest BCUT2D eigenvalue weighted by atomic mass is 10.1. The third kappa shape index (κ3) is 1.90. The zero-order chi connectivity index (χ0) is 13.4. The first-order valence-electron chi connectivity index (χ1n) is 6.78. The molecule has 1 aliphatic rings. The highest BCUT2D eigenvalue weighted by Gasteiger charge is 2.21. The molecule has 4 heteroatoms. The minimum Gasteiger partial charge on any atom is -0.366 e. The largest absolute Gasteiger partial charge is 0.366 e. The van der Waals surface area contributed by atoms with Crippen LogP contribution in [0.3, 0.4) is 0 Å². The zero-order valence-corrected chi connectivity index (χ0v) is 11.0. The van der Waals surface area contributed by atoms with E-state index < -0.39 is 0 Å². The Morgan fingerprint density at radius 2 is 1.80 bits per heavy atom. The first-order chi connectivity index (χ1) is 9.90. The Morgan fingerprint density at radius 1 is 1.00 bits per heavy atom. The molecule has 0 saturated heterocycles. The van der Waals surface area contributed by atoms with Gasteiger partial charge in [0.05, 0.1) is 10.9 Å². The van der Waals surface area contributed by atoms with E-state index in [2.05, 4.69) is 44.5 Å². The Hall–Kier alpha value is -2.49. The Bertz CT molecular complexity index is 739. The second-order valence-corrected chi connectivity index (χ2v) is 5.13. The van der Waals surface area contributed by atoms with E-state index >= 15 is 0 Å². The van der Waals surface area contributed by atoms with Gasteiger partial charge in [0.2, 0.25) is 0 Å². The van der Waals surface area contributed by atoms with Crippen LogP contribution in [0.4, 0.5) is 5.82 Å². The van der Waals surface area contributed by atoms with Crippen LogP contribution in [0.5, 0.6) is 0 Å². The average molecular weight is 262 g/mol. The number of benzene rings is 1. The summed E-state index contributed by atoms with van der Waals surface area (Å²) in [5.74, 6) is 0.876. The highest BCUT2D eigenvalue weighted by Crippen LogP contribution is 2.26. The van der Waals surface area contributed by atoms with Crippen molar-refractivity contribution in [2.24, 2.45) is 0 Å². The SMILES string of the molecule is c1ccc2c(c1)CC(Nc1ncnc3ccncc13)C2. The number of aromatic nitrogens is 3. The number of rotatable bonds is 2. The molecule has 0 aliphatic heterocycles. The second kappa shape index (κ2) is 4.56. The van der Waals surface area contributed by atoms with Crippen molar-refractivity contribution in [3.05, 3.63) is 60.2 Å². The number of hydrogen-bond acceptors (Lipinski definition) is 4. The molecule has 0 saturated carbocycles. The molecule has 1 N–H and O–H groups in total. The average Bonchev–Trinajstić information content (AvgIpc) is 2.90. The van der Waals surface area contributed by atoms with Gasteiger partial charge in [-0.1, -0.05) is 24.3 Å². The van der Waals surface area contributed by atoms with Crippen LogP contribution in [0.1, 0.15) is 11.1 Å². The van der Waals surface area contributed by atoms with Gasteiger partial charge in [-0.3, -0.25) is 4.98 Å². The zero-order valence-electron chi connectivity index (χ0n) is 11.0. The van der Waals surface area contributed by atoms with E-state index in [4.69, 9.17) is 0 Å². The molecule has 0 amide bonds. The van der Waals surface area contributed by atoms with Crippen molar-refractivity contribution in [3.8, 4) is 0 Å². The molecule has 98 valence electrons. The fourth-order valence-electron chi connectivity index (χ4n) is 2.87.